The molecule has 0 amide bonds. The Labute approximate surface area is 206 Å². The first kappa shape index (κ1) is 22.7. The Morgan fingerprint density at radius 2 is 1.50 bits per heavy atom. The maximum atomic E-state index is 12.9. The van der Waals surface area contributed by atoms with Gasteiger partial charge in [-0.3, -0.25) is 14.9 Å². The first-order valence-corrected chi connectivity index (χ1v) is 11.3. The van der Waals surface area contributed by atoms with Crippen LogP contribution in [0.1, 0.15) is 21.5 Å². The van der Waals surface area contributed by atoms with Crippen LogP contribution in [0.15, 0.2) is 97.1 Å². The summed E-state index contributed by atoms with van der Waals surface area (Å²) < 4.78 is 0. The Kier molecular flexibility index (Phi) is 5.88. The van der Waals surface area contributed by atoms with Crippen LogP contribution in [0.25, 0.3) is 33.9 Å². The van der Waals surface area contributed by atoms with E-state index < -0.39 is 4.92 Å². The molecule has 5 rings (SSSR count). The van der Waals surface area contributed by atoms with Crippen molar-refractivity contribution < 1.29 is 14.8 Å². The number of hydrogen-bond donors (Lipinski definition) is 2. The van der Waals surface area contributed by atoms with Gasteiger partial charge in [0.15, 0.2) is 5.78 Å². The summed E-state index contributed by atoms with van der Waals surface area (Å²) in [4.78, 5) is 31.4. The second kappa shape index (κ2) is 9.31. The topological polar surface area (TPSA) is 109 Å². The number of aromatic nitrogens is 2. The van der Waals surface area contributed by atoms with Gasteiger partial charge in [0.05, 0.1) is 27.9 Å². The zero-order valence-electron chi connectivity index (χ0n) is 19.3. The van der Waals surface area contributed by atoms with Gasteiger partial charge in [-0.25, -0.2) is 4.98 Å². The number of nitrogens with zero attached hydrogens (tertiary/aromatic N) is 2. The number of nitrogens with one attached hydrogen (secondary N) is 1. The molecule has 0 bridgehead atoms. The normalized spacial score (nSPS) is 10.8. The number of rotatable bonds is 6. The number of carbonyl (C=O) groups excluding carboxylic acids is 1. The van der Waals surface area contributed by atoms with E-state index in [2.05, 4.69) is 4.98 Å². The molecule has 7 heteroatoms. The van der Waals surface area contributed by atoms with Gasteiger partial charge >= 0.3 is 0 Å². The first-order chi connectivity index (χ1) is 17.4. The van der Waals surface area contributed by atoms with E-state index in [-0.39, 0.29) is 17.2 Å². The molecule has 7 nitrogen and oxygen atoms in total. The fourth-order valence-corrected chi connectivity index (χ4v) is 4.01. The molecule has 0 spiro atoms. The molecule has 0 aliphatic carbocycles. The summed E-state index contributed by atoms with van der Waals surface area (Å²) in [5.74, 6) is 0.0603. The summed E-state index contributed by atoms with van der Waals surface area (Å²) in [5, 5.41) is 21.5. The highest BCUT2D eigenvalue weighted by Gasteiger charge is 2.19. The summed E-state index contributed by atoms with van der Waals surface area (Å²) in [5.41, 5.74) is 5.42. The molecule has 0 unspecified atom stereocenters. The summed E-state index contributed by atoms with van der Waals surface area (Å²) in [6.45, 7) is 1.97. The van der Waals surface area contributed by atoms with Crippen molar-refractivity contribution in [3.63, 3.8) is 0 Å². The van der Waals surface area contributed by atoms with Crippen molar-refractivity contribution in [1.82, 2.24) is 9.97 Å². The SMILES string of the molecule is Cc1ccc(C(=O)c2ccc(-c3[nH]c(-c4ccc([N+](=O)[O-])cc4O)nc3-c3ccccc3)cc2)cc1. The van der Waals surface area contributed by atoms with Crippen LogP contribution < -0.4 is 0 Å². The minimum Gasteiger partial charge on any atom is -0.507 e. The van der Waals surface area contributed by atoms with Crippen molar-refractivity contribution in [2.24, 2.45) is 0 Å². The Morgan fingerprint density at radius 1 is 0.861 bits per heavy atom. The zero-order chi connectivity index (χ0) is 25.2. The highest BCUT2D eigenvalue weighted by molar-refractivity contribution is 6.09. The van der Waals surface area contributed by atoms with Crippen molar-refractivity contribution in [1.29, 1.82) is 0 Å². The second-order valence-electron chi connectivity index (χ2n) is 8.41. The molecule has 1 aromatic heterocycles. The summed E-state index contributed by atoms with van der Waals surface area (Å²) in [6.07, 6.45) is 0. The van der Waals surface area contributed by atoms with E-state index in [1.54, 1.807) is 12.1 Å². The number of hydrogen-bond acceptors (Lipinski definition) is 5. The van der Waals surface area contributed by atoms with Gasteiger partial charge in [-0.15, -0.1) is 0 Å². The van der Waals surface area contributed by atoms with Crippen molar-refractivity contribution in [3.05, 3.63) is 124 Å². The molecular weight excluding hydrogens is 454 g/mol. The molecule has 2 N–H and O–H groups in total. The number of ketones is 1. The van der Waals surface area contributed by atoms with Gasteiger partial charge in [0.1, 0.15) is 11.6 Å². The lowest BCUT2D eigenvalue weighted by Crippen LogP contribution is -2.01. The molecule has 0 aliphatic heterocycles. The monoisotopic (exact) mass is 475 g/mol. The van der Waals surface area contributed by atoms with Crippen molar-refractivity contribution in [3.8, 4) is 39.7 Å². The van der Waals surface area contributed by atoms with Gasteiger partial charge in [0.25, 0.3) is 5.69 Å². The largest absolute Gasteiger partial charge is 0.507 e. The number of nitro benzene ring substituents is 1. The third-order valence-corrected chi connectivity index (χ3v) is 5.95. The number of phenolic OH excluding ortho intramolecular Hbond substituents is 1. The molecule has 0 aliphatic rings. The maximum Gasteiger partial charge on any atom is 0.273 e. The van der Waals surface area contributed by atoms with Crippen LogP contribution in [0.5, 0.6) is 5.75 Å². The lowest BCUT2D eigenvalue weighted by molar-refractivity contribution is -0.384. The van der Waals surface area contributed by atoms with Crippen LogP contribution in [0.4, 0.5) is 5.69 Å². The third kappa shape index (κ3) is 4.37. The number of carbonyl (C=O) groups is 1. The lowest BCUT2D eigenvalue weighted by atomic mass is 9.99. The third-order valence-electron chi connectivity index (χ3n) is 5.95. The number of benzene rings is 4. The van der Waals surface area contributed by atoms with Crippen LogP contribution in [0.3, 0.4) is 0 Å². The average Bonchev–Trinajstić information content (AvgIpc) is 3.34. The molecule has 5 aromatic rings. The highest BCUT2D eigenvalue weighted by Crippen LogP contribution is 2.37. The summed E-state index contributed by atoms with van der Waals surface area (Å²) in [7, 11) is 0. The van der Waals surface area contributed by atoms with Crippen LogP contribution >= 0.6 is 0 Å². The number of imidazole rings is 1. The number of aromatic hydroxyl groups is 1. The average molecular weight is 476 g/mol. The number of H-pyrrole nitrogens is 1. The molecule has 0 saturated carbocycles. The number of aryl methyl sites for hydroxylation is 1. The minimum absolute atomic E-state index is 0.0639. The van der Waals surface area contributed by atoms with E-state index in [1.807, 2.05) is 73.7 Å². The Hall–Kier alpha value is -5.04. The quantitative estimate of drug-likeness (QED) is 0.164. The number of phenols is 1. The van der Waals surface area contributed by atoms with Crippen LogP contribution in [0, 0.1) is 17.0 Å². The number of nitro groups is 1. The molecular formula is C29H21N3O4. The lowest BCUT2D eigenvalue weighted by Gasteiger charge is -2.06. The van der Waals surface area contributed by atoms with Gasteiger partial charge < -0.3 is 10.1 Å². The first-order valence-electron chi connectivity index (χ1n) is 11.3. The number of aromatic amines is 1. The van der Waals surface area contributed by atoms with Crippen molar-refractivity contribution in [2.75, 3.05) is 0 Å². The number of non-ortho nitro benzene ring substituents is 1. The predicted octanol–water partition coefficient (Wildman–Crippen LogP) is 6.56. The van der Waals surface area contributed by atoms with E-state index in [1.165, 1.54) is 12.1 Å². The van der Waals surface area contributed by atoms with Crippen LogP contribution in [-0.4, -0.2) is 25.8 Å². The Balaban J connectivity index is 1.56. The minimum atomic E-state index is -0.564. The van der Waals surface area contributed by atoms with Gasteiger partial charge in [0.2, 0.25) is 0 Å². The Morgan fingerprint density at radius 3 is 2.11 bits per heavy atom. The molecule has 0 radical (unpaired) electrons. The molecule has 0 atom stereocenters. The van der Waals surface area contributed by atoms with Crippen molar-refractivity contribution >= 4 is 11.5 Å². The van der Waals surface area contributed by atoms with E-state index in [9.17, 15) is 20.0 Å². The highest BCUT2D eigenvalue weighted by atomic mass is 16.6. The molecule has 4 aromatic carbocycles. The summed E-state index contributed by atoms with van der Waals surface area (Å²) >= 11 is 0. The standard InChI is InChI=1S/C29H21N3O4/c1-18-7-9-21(10-8-18)28(34)22-13-11-20(12-14-22)27-26(19-5-3-2-4-6-19)30-29(31-27)24-16-15-23(32(35)36)17-25(24)33/h2-17,33H,1H3,(H,30,31). The van der Waals surface area contributed by atoms with E-state index in [4.69, 9.17) is 4.98 Å². The summed E-state index contributed by atoms with van der Waals surface area (Å²) in [6, 6.07) is 28.2. The second-order valence-corrected chi connectivity index (χ2v) is 8.41. The van der Waals surface area contributed by atoms with Gasteiger partial charge in [-0.2, -0.15) is 0 Å². The Bertz CT molecular complexity index is 1570. The molecule has 0 fully saturated rings. The van der Waals surface area contributed by atoms with Gasteiger partial charge in [-0.1, -0.05) is 84.4 Å². The molecule has 1 heterocycles. The van der Waals surface area contributed by atoms with Gasteiger partial charge in [-0.05, 0) is 13.0 Å². The van der Waals surface area contributed by atoms with Crippen molar-refractivity contribution in [2.45, 2.75) is 6.92 Å². The van der Waals surface area contributed by atoms with E-state index in [0.29, 0.717) is 33.9 Å². The van der Waals surface area contributed by atoms with E-state index in [0.717, 1.165) is 22.8 Å². The van der Waals surface area contributed by atoms with E-state index >= 15 is 0 Å². The smallest absolute Gasteiger partial charge is 0.273 e. The van der Waals surface area contributed by atoms with Crippen LogP contribution in [0.2, 0.25) is 0 Å². The molecule has 36 heavy (non-hydrogen) atoms. The fraction of sp³-hybridized carbons (Fsp3) is 0.0345. The van der Waals surface area contributed by atoms with Gasteiger partial charge in [0, 0.05) is 28.3 Å². The zero-order valence-corrected chi connectivity index (χ0v) is 19.3. The molecule has 0 saturated heterocycles. The predicted molar refractivity (Wildman–Crippen MR) is 138 cm³/mol. The van der Waals surface area contributed by atoms with Crippen LogP contribution in [-0.2, 0) is 0 Å². The molecule has 176 valence electrons. The maximum absolute atomic E-state index is 12.9. The fourth-order valence-electron chi connectivity index (χ4n) is 4.01.